The van der Waals surface area contributed by atoms with Gasteiger partial charge in [0.2, 0.25) is 5.91 Å². The number of urea groups is 1. The van der Waals surface area contributed by atoms with Crippen molar-refractivity contribution in [3.8, 4) is 11.5 Å². The fourth-order valence-corrected chi connectivity index (χ4v) is 3.64. The highest BCUT2D eigenvalue weighted by Gasteiger charge is 2.19. The van der Waals surface area contributed by atoms with Gasteiger partial charge < -0.3 is 25.4 Å². The normalized spacial score (nSPS) is 13.9. The van der Waals surface area contributed by atoms with E-state index < -0.39 is 4.92 Å². The molecule has 0 spiro atoms. The quantitative estimate of drug-likeness (QED) is 0.278. The molecule has 1 aliphatic carbocycles. The lowest BCUT2D eigenvalue weighted by atomic mass is 9.96. The van der Waals surface area contributed by atoms with Crippen molar-refractivity contribution in [1.29, 1.82) is 0 Å². The van der Waals surface area contributed by atoms with Crippen LogP contribution >= 0.6 is 0 Å². The predicted octanol–water partition coefficient (Wildman–Crippen LogP) is 2.68. The molecule has 1 aromatic carbocycles. The third-order valence-corrected chi connectivity index (χ3v) is 5.30. The van der Waals surface area contributed by atoms with Crippen LogP contribution in [0.2, 0.25) is 0 Å². The molecule has 2 rings (SSSR count). The zero-order chi connectivity index (χ0) is 22.6. The van der Waals surface area contributed by atoms with E-state index >= 15 is 0 Å². The maximum absolute atomic E-state index is 12.0. The van der Waals surface area contributed by atoms with Crippen LogP contribution in [-0.2, 0) is 11.2 Å². The molecule has 0 bridgehead atoms. The lowest BCUT2D eigenvalue weighted by molar-refractivity contribution is -0.385. The van der Waals surface area contributed by atoms with E-state index in [0.717, 1.165) is 25.7 Å². The van der Waals surface area contributed by atoms with Gasteiger partial charge >= 0.3 is 6.03 Å². The smallest absolute Gasteiger partial charge is 0.315 e. The minimum atomic E-state index is -0.483. The van der Waals surface area contributed by atoms with Crippen molar-refractivity contribution < 1.29 is 24.0 Å². The van der Waals surface area contributed by atoms with Gasteiger partial charge in [0.1, 0.15) is 0 Å². The van der Waals surface area contributed by atoms with Gasteiger partial charge in [0.25, 0.3) is 5.69 Å². The van der Waals surface area contributed by atoms with Gasteiger partial charge in [-0.25, -0.2) is 4.79 Å². The monoisotopic (exact) mass is 436 g/mol. The van der Waals surface area contributed by atoms with Gasteiger partial charge in [-0.05, 0) is 31.7 Å². The highest BCUT2D eigenvalue weighted by molar-refractivity contribution is 5.76. The second kappa shape index (κ2) is 12.6. The molecule has 0 aromatic heterocycles. The molecule has 3 N–H and O–H groups in total. The summed E-state index contributed by atoms with van der Waals surface area (Å²) in [5.41, 5.74) is 0.365. The summed E-state index contributed by atoms with van der Waals surface area (Å²) in [5.74, 6) is 0.506. The first-order valence-electron chi connectivity index (χ1n) is 10.6. The molecule has 0 aliphatic heterocycles. The first kappa shape index (κ1) is 24.2. The highest BCUT2D eigenvalue weighted by atomic mass is 16.6. The van der Waals surface area contributed by atoms with Crippen LogP contribution in [0, 0.1) is 10.1 Å². The third kappa shape index (κ3) is 7.95. The second-order valence-electron chi connectivity index (χ2n) is 7.53. The lowest BCUT2D eigenvalue weighted by Gasteiger charge is -2.22. The number of benzene rings is 1. The minimum Gasteiger partial charge on any atom is -0.493 e. The van der Waals surface area contributed by atoms with Gasteiger partial charge in [0.05, 0.1) is 25.2 Å². The second-order valence-corrected chi connectivity index (χ2v) is 7.53. The van der Waals surface area contributed by atoms with Crippen LogP contribution in [0.5, 0.6) is 11.5 Å². The summed E-state index contributed by atoms with van der Waals surface area (Å²) in [6.45, 7) is 0.665. The lowest BCUT2D eigenvalue weighted by Crippen LogP contribution is -2.43. The summed E-state index contributed by atoms with van der Waals surface area (Å²) in [6, 6.07) is 2.93. The summed E-state index contributed by atoms with van der Waals surface area (Å²) >= 11 is 0. The summed E-state index contributed by atoms with van der Waals surface area (Å²) in [6.07, 6.45) is 6.63. The van der Waals surface area contributed by atoms with Gasteiger partial charge in [-0.2, -0.15) is 0 Å². The minimum absolute atomic E-state index is 0.0833. The molecule has 1 saturated carbocycles. The van der Waals surface area contributed by atoms with Crippen molar-refractivity contribution in [3.63, 3.8) is 0 Å². The molecule has 3 amide bonds. The molecular weight excluding hydrogens is 404 g/mol. The topological polar surface area (TPSA) is 132 Å². The molecule has 0 radical (unpaired) electrons. The van der Waals surface area contributed by atoms with Crippen LogP contribution in [0.25, 0.3) is 0 Å². The summed E-state index contributed by atoms with van der Waals surface area (Å²) < 4.78 is 10.3. The Bertz CT molecular complexity index is 764. The molecule has 0 saturated heterocycles. The molecule has 1 aromatic rings. The number of rotatable bonds is 11. The van der Waals surface area contributed by atoms with Crippen molar-refractivity contribution >= 4 is 17.6 Å². The zero-order valence-electron chi connectivity index (χ0n) is 18.2. The van der Waals surface area contributed by atoms with E-state index in [9.17, 15) is 19.7 Å². The Kier molecular flexibility index (Phi) is 9.86. The van der Waals surface area contributed by atoms with E-state index in [1.54, 1.807) is 6.07 Å². The molecule has 0 heterocycles. The molecule has 1 aliphatic rings. The molecule has 0 atom stereocenters. The third-order valence-electron chi connectivity index (χ3n) is 5.30. The Morgan fingerprint density at radius 3 is 2.39 bits per heavy atom. The number of amides is 3. The van der Waals surface area contributed by atoms with Crippen LogP contribution in [0.3, 0.4) is 0 Å². The number of methoxy groups -OCH3 is 2. The molecule has 31 heavy (non-hydrogen) atoms. The average Bonchev–Trinajstić information content (AvgIpc) is 2.76. The number of nitro groups is 1. The zero-order valence-corrected chi connectivity index (χ0v) is 18.2. The summed E-state index contributed by atoms with van der Waals surface area (Å²) in [7, 11) is 2.87. The van der Waals surface area contributed by atoms with Crippen LogP contribution in [0.15, 0.2) is 12.1 Å². The maximum atomic E-state index is 12.0. The van der Waals surface area contributed by atoms with E-state index in [4.69, 9.17) is 9.47 Å². The predicted molar refractivity (Wildman–Crippen MR) is 116 cm³/mol. The van der Waals surface area contributed by atoms with E-state index in [2.05, 4.69) is 16.0 Å². The Morgan fingerprint density at radius 1 is 1.06 bits per heavy atom. The highest BCUT2D eigenvalue weighted by Crippen LogP contribution is 2.34. The molecular formula is C21H32N4O6. The van der Waals surface area contributed by atoms with Gasteiger partial charge in [-0.15, -0.1) is 0 Å². The van der Waals surface area contributed by atoms with Crippen molar-refractivity contribution in [2.24, 2.45) is 0 Å². The Labute approximate surface area is 182 Å². The van der Waals surface area contributed by atoms with Crippen LogP contribution in [0.1, 0.15) is 50.5 Å². The average molecular weight is 437 g/mol. The van der Waals surface area contributed by atoms with Gasteiger partial charge in [0.15, 0.2) is 11.5 Å². The summed E-state index contributed by atoms with van der Waals surface area (Å²) in [5, 5.41) is 19.8. The van der Waals surface area contributed by atoms with E-state index in [1.807, 2.05) is 0 Å². The van der Waals surface area contributed by atoms with Gasteiger partial charge in [-0.1, -0.05) is 19.3 Å². The first-order chi connectivity index (χ1) is 14.9. The molecule has 0 unspecified atom stereocenters. The summed E-state index contributed by atoms with van der Waals surface area (Å²) in [4.78, 5) is 34.7. The number of carbonyl (C=O) groups excluding carboxylic acids is 2. The number of carbonyl (C=O) groups is 2. The fraction of sp³-hybridized carbons (Fsp3) is 0.619. The Balaban J connectivity index is 1.69. The number of nitrogens with zero attached hydrogens (tertiary/aromatic N) is 1. The van der Waals surface area contributed by atoms with Crippen LogP contribution in [0.4, 0.5) is 10.5 Å². The van der Waals surface area contributed by atoms with E-state index in [1.165, 1.54) is 26.7 Å². The van der Waals surface area contributed by atoms with Crippen molar-refractivity contribution in [2.45, 2.75) is 57.4 Å². The first-order valence-corrected chi connectivity index (χ1v) is 10.6. The Hall–Kier alpha value is -3.04. The molecule has 10 heteroatoms. The maximum Gasteiger partial charge on any atom is 0.315 e. The fourth-order valence-electron chi connectivity index (χ4n) is 3.64. The largest absolute Gasteiger partial charge is 0.493 e. The number of nitrogens with one attached hydrogen (secondary N) is 3. The van der Waals surface area contributed by atoms with Crippen LogP contribution in [-0.4, -0.2) is 50.2 Å². The standard InChI is InChI=1S/C21H32N4O6/c1-30-18-13-15(17(25(28)29)14-19(18)31-2)10-12-22-20(26)9-6-11-23-21(27)24-16-7-4-3-5-8-16/h13-14,16H,3-12H2,1-2H3,(H,22,26)(H2,23,24,27). The number of hydrogen-bond acceptors (Lipinski definition) is 6. The van der Waals surface area contributed by atoms with Gasteiger partial charge in [-0.3, -0.25) is 14.9 Å². The van der Waals surface area contributed by atoms with Crippen molar-refractivity contribution in [1.82, 2.24) is 16.0 Å². The Morgan fingerprint density at radius 2 is 1.74 bits per heavy atom. The van der Waals surface area contributed by atoms with Crippen molar-refractivity contribution in [2.75, 3.05) is 27.3 Å². The van der Waals surface area contributed by atoms with Crippen molar-refractivity contribution in [3.05, 3.63) is 27.8 Å². The molecule has 10 nitrogen and oxygen atoms in total. The van der Waals surface area contributed by atoms with Gasteiger partial charge in [0, 0.05) is 31.1 Å². The SMILES string of the molecule is COc1cc(CCNC(=O)CCCNC(=O)NC2CCCCC2)c([N+](=O)[O-])cc1OC. The number of hydrogen-bond donors (Lipinski definition) is 3. The number of ether oxygens (including phenoxy) is 2. The van der Waals surface area contributed by atoms with E-state index in [0.29, 0.717) is 24.3 Å². The van der Waals surface area contributed by atoms with Crippen LogP contribution < -0.4 is 25.4 Å². The molecule has 1 fully saturated rings. The molecule has 172 valence electrons. The van der Waals surface area contributed by atoms with E-state index in [-0.39, 0.29) is 48.8 Å². The number of nitro benzene ring substituents is 1.